The van der Waals surface area contributed by atoms with Crippen molar-refractivity contribution in [3.63, 3.8) is 0 Å². The molecular weight excluding hydrogens is 260 g/mol. The lowest BCUT2D eigenvalue weighted by Crippen LogP contribution is -2.08. The van der Waals surface area contributed by atoms with E-state index in [0.29, 0.717) is 6.61 Å². The summed E-state index contributed by atoms with van der Waals surface area (Å²) in [5, 5.41) is 6.21. The first kappa shape index (κ1) is 13.8. The van der Waals surface area contributed by atoms with Gasteiger partial charge in [-0.3, -0.25) is 0 Å². The Morgan fingerprint density at radius 1 is 1.37 bits per heavy atom. The number of rotatable bonds is 6. The molecule has 0 radical (unpaired) electrons. The minimum atomic E-state index is 0.480. The third-order valence-electron chi connectivity index (χ3n) is 2.68. The molecule has 0 fully saturated rings. The maximum Gasteiger partial charge on any atom is 0.131 e. The van der Waals surface area contributed by atoms with Crippen LogP contribution in [-0.2, 0) is 13.2 Å². The summed E-state index contributed by atoms with van der Waals surface area (Å²) in [6.07, 6.45) is 0. The molecule has 19 heavy (non-hydrogen) atoms. The molecule has 0 aliphatic heterocycles. The van der Waals surface area contributed by atoms with Crippen LogP contribution in [-0.4, -0.2) is 19.1 Å². The second kappa shape index (κ2) is 6.54. The molecule has 4 nitrogen and oxygen atoms in total. The zero-order valence-electron chi connectivity index (χ0n) is 11.4. The van der Waals surface area contributed by atoms with Crippen molar-refractivity contribution in [3.8, 4) is 11.5 Å². The Morgan fingerprint density at radius 3 is 2.84 bits per heavy atom. The van der Waals surface area contributed by atoms with Gasteiger partial charge in [-0.2, -0.15) is 0 Å². The molecule has 2 aromatic rings. The first-order valence-electron chi connectivity index (χ1n) is 6.08. The Balaban J connectivity index is 2.12. The van der Waals surface area contributed by atoms with Crippen molar-refractivity contribution in [3.05, 3.63) is 39.8 Å². The van der Waals surface area contributed by atoms with Gasteiger partial charge < -0.3 is 14.8 Å². The number of benzene rings is 1. The quantitative estimate of drug-likeness (QED) is 0.882. The molecule has 0 bridgehead atoms. The van der Waals surface area contributed by atoms with Crippen LogP contribution in [0.2, 0.25) is 0 Å². The lowest BCUT2D eigenvalue weighted by atomic mass is 10.2. The molecule has 1 heterocycles. The Hall–Kier alpha value is -1.59. The van der Waals surface area contributed by atoms with E-state index in [-0.39, 0.29) is 0 Å². The van der Waals surface area contributed by atoms with Gasteiger partial charge in [0.2, 0.25) is 0 Å². The van der Waals surface area contributed by atoms with Crippen molar-refractivity contribution in [2.75, 3.05) is 14.2 Å². The number of methoxy groups -OCH3 is 1. The smallest absolute Gasteiger partial charge is 0.131 e. The average Bonchev–Trinajstić information content (AvgIpc) is 2.83. The summed E-state index contributed by atoms with van der Waals surface area (Å²) in [6.45, 7) is 3.23. The summed E-state index contributed by atoms with van der Waals surface area (Å²) in [6, 6.07) is 5.86. The van der Waals surface area contributed by atoms with Crippen molar-refractivity contribution in [1.82, 2.24) is 10.3 Å². The molecule has 0 aliphatic carbocycles. The number of aromatic nitrogens is 1. The van der Waals surface area contributed by atoms with Gasteiger partial charge in [-0.1, -0.05) is 6.07 Å². The highest BCUT2D eigenvalue weighted by atomic mass is 32.1. The van der Waals surface area contributed by atoms with Gasteiger partial charge in [0.15, 0.2) is 0 Å². The molecule has 0 spiro atoms. The van der Waals surface area contributed by atoms with Gasteiger partial charge in [-0.05, 0) is 20.0 Å². The van der Waals surface area contributed by atoms with Crippen molar-refractivity contribution in [2.24, 2.45) is 0 Å². The predicted molar refractivity (Wildman–Crippen MR) is 76.9 cm³/mol. The Kier molecular flexibility index (Phi) is 4.76. The number of thiazole rings is 1. The molecule has 5 heteroatoms. The van der Waals surface area contributed by atoms with E-state index >= 15 is 0 Å². The number of nitrogens with zero attached hydrogens (tertiary/aromatic N) is 1. The van der Waals surface area contributed by atoms with E-state index in [0.717, 1.165) is 34.3 Å². The van der Waals surface area contributed by atoms with Crippen molar-refractivity contribution >= 4 is 11.3 Å². The largest absolute Gasteiger partial charge is 0.497 e. The number of hydrogen-bond acceptors (Lipinski definition) is 5. The highest BCUT2D eigenvalue weighted by Gasteiger charge is 2.07. The van der Waals surface area contributed by atoms with E-state index in [1.54, 1.807) is 18.4 Å². The molecule has 102 valence electrons. The number of nitrogens with one attached hydrogen (secondary N) is 1. The first-order chi connectivity index (χ1) is 9.22. The van der Waals surface area contributed by atoms with Crippen molar-refractivity contribution < 1.29 is 9.47 Å². The highest BCUT2D eigenvalue weighted by molar-refractivity contribution is 7.09. The average molecular weight is 278 g/mol. The third-order valence-corrected chi connectivity index (χ3v) is 3.51. The molecule has 1 aromatic heterocycles. The van der Waals surface area contributed by atoms with E-state index in [4.69, 9.17) is 9.47 Å². The Bertz CT molecular complexity index is 540. The molecule has 0 atom stereocenters. The van der Waals surface area contributed by atoms with E-state index < -0.39 is 0 Å². The molecular formula is C14H18N2O2S. The molecule has 2 rings (SSSR count). The van der Waals surface area contributed by atoms with Crippen LogP contribution < -0.4 is 14.8 Å². The predicted octanol–water partition coefficient (Wildman–Crippen LogP) is 2.76. The highest BCUT2D eigenvalue weighted by Crippen LogP contribution is 2.25. The fourth-order valence-electron chi connectivity index (χ4n) is 1.76. The van der Waals surface area contributed by atoms with Crippen LogP contribution in [0.3, 0.4) is 0 Å². The molecule has 1 N–H and O–H groups in total. The lowest BCUT2D eigenvalue weighted by molar-refractivity contribution is 0.296. The molecule has 0 unspecified atom stereocenters. The summed E-state index contributed by atoms with van der Waals surface area (Å²) in [4.78, 5) is 4.39. The summed E-state index contributed by atoms with van der Waals surface area (Å²) in [7, 11) is 3.57. The lowest BCUT2D eigenvalue weighted by Gasteiger charge is -2.12. The van der Waals surface area contributed by atoms with Crippen LogP contribution in [0, 0.1) is 6.92 Å². The van der Waals surface area contributed by atoms with Crippen LogP contribution in [0.15, 0.2) is 23.6 Å². The molecule has 0 aliphatic rings. The summed E-state index contributed by atoms with van der Waals surface area (Å²) >= 11 is 1.63. The standard InChI is InChI=1S/C14H18N2O2S/c1-10-16-12(9-19-10)8-18-14-6-13(17-3)5-4-11(14)7-15-2/h4-6,9,15H,7-8H2,1-3H3. The van der Waals surface area contributed by atoms with Crippen LogP contribution in [0.4, 0.5) is 0 Å². The van der Waals surface area contributed by atoms with Gasteiger partial charge in [0.25, 0.3) is 0 Å². The zero-order valence-corrected chi connectivity index (χ0v) is 12.2. The fraction of sp³-hybridized carbons (Fsp3) is 0.357. The van der Waals surface area contributed by atoms with Gasteiger partial charge in [0.1, 0.15) is 18.1 Å². The fourth-order valence-corrected chi connectivity index (χ4v) is 2.36. The monoisotopic (exact) mass is 278 g/mol. The summed E-state index contributed by atoms with van der Waals surface area (Å²) in [5.41, 5.74) is 2.07. The zero-order chi connectivity index (χ0) is 13.7. The molecule has 1 aromatic carbocycles. The topological polar surface area (TPSA) is 43.4 Å². The third kappa shape index (κ3) is 3.68. The van der Waals surface area contributed by atoms with Crippen LogP contribution in [0.5, 0.6) is 11.5 Å². The van der Waals surface area contributed by atoms with E-state index in [9.17, 15) is 0 Å². The maximum atomic E-state index is 5.86. The number of aryl methyl sites for hydroxylation is 1. The Morgan fingerprint density at radius 2 is 2.21 bits per heavy atom. The van der Waals surface area contributed by atoms with Crippen LogP contribution >= 0.6 is 11.3 Å². The molecule has 0 saturated heterocycles. The van der Waals surface area contributed by atoms with Gasteiger partial charge in [0.05, 0.1) is 17.8 Å². The van der Waals surface area contributed by atoms with Gasteiger partial charge in [-0.25, -0.2) is 4.98 Å². The Labute approximate surface area is 117 Å². The minimum absolute atomic E-state index is 0.480. The van der Waals surface area contributed by atoms with Gasteiger partial charge >= 0.3 is 0 Å². The number of ether oxygens (including phenoxy) is 2. The second-order valence-electron chi connectivity index (χ2n) is 4.15. The van der Waals surface area contributed by atoms with Crippen molar-refractivity contribution in [1.29, 1.82) is 0 Å². The van der Waals surface area contributed by atoms with E-state index in [1.807, 2.05) is 37.6 Å². The normalized spacial score (nSPS) is 10.5. The summed E-state index contributed by atoms with van der Waals surface area (Å²) < 4.78 is 11.1. The molecule has 0 saturated carbocycles. The van der Waals surface area contributed by atoms with Crippen LogP contribution in [0.1, 0.15) is 16.3 Å². The summed E-state index contributed by atoms with van der Waals surface area (Å²) in [5.74, 6) is 1.63. The molecule has 0 amide bonds. The van der Waals surface area contributed by atoms with Gasteiger partial charge in [0, 0.05) is 23.6 Å². The van der Waals surface area contributed by atoms with Gasteiger partial charge in [-0.15, -0.1) is 11.3 Å². The van der Waals surface area contributed by atoms with E-state index in [2.05, 4.69) is 10.3 Å². The van der Waals surface area contributed by atoms with Crippen molar-refractivity contribution in [2.45, 2.75) is 20.1 Å². The van der Waals surface area contributed by atoms with E-state index in [1.165, 1.54) is 0 Å². The maximum absolute atomic E-state index is 5.86. The second-order valence-corrected chi connectivity index (χ2v) is 5.21. The first-order valence-corrected chi connectivity index (χ1v) is 6.96. The SMILES string of the molecule is CNCc1ccc(OC)cc1OCc1csc(C)n1. The van der Waals surface area contributed by atoms with Crippen LogP contribution in [0.25, 0.3) is 0 Å². The number of hydrogen-bond donors (Lipinski definition) is 1. The minimum Gasteiger partial charge on any atom is -0.497 e.